The smallest absolute Gasteiger partial charge is 0.326 e. The summed E-state index contributed by atoms with van der Waals surface area (Å²) >= 11 is 0. The van der Waals surface area contributed by atoms with Gasteiger partial charge in [0.1, 0.15) is 18.1 Å². The lowest BCUT2D eigenvalue weighted by molar-refractivity contribution is -0.143. The number of rotatable bonds is 13. The van der Waals surface area contributed by atoms with Gasteiger partial charge in [-0.15, -0.1) is 0 Å². The summed E-state index contributed by atoms with van der Waals surface area (Å²) in [7, 11) is 0. The zero-order valence-electron chi connectivity index (χ0n) is 16.6. The summed E-state index contributed by atoms with van der Waals surface area (Å²) in [4.78, 5) is 47.5. The highest BCUT2D eigenvalue weighted by molar-refractivity contribution is 5.93. The van der Waals surface area contributed by atoms with Crippen LogP contribution in [0.5, 0.6) is 0 Å². The average molecular weight is 403 g/mol. The number of carboxylic acid groups (broad SMARTS) is 1. The molecule has 0 heterocycles. The van der Waals surface area contributed by atoms with Gasteiger partial charge in [0, 0.05) is 0 Å². The molecule has 11 nitrogen and oxygen atoms in total. The number of unbranched alkanes of at least 4 members (excludes halogenated alkanes) is 1. The Morgan fingerprint density at radius 1 is 0.929 bits per heavy atom. The van der Waals surface area contributed by atoms with Gasteiger partial charge in [0.15, 0.2) is 0 Å². The van der Waals surface area contributed by atoms with E-state index in [1.807, 2.05) is 0 Å². The molecule has 0 aromatic heterocycles. The fraction of sp³-hybridized carbons (Fsp3) is 0.765. The normalized spacial score (nSPS) is 15.2. The molecule has 28 heavy (non-hydrogen) atoms. The maximum absolute atomic E-state index is 12.2. The highest BCUT2D eigenvalue weighted by Gasteiger charge is 2.29. The van der Waals surface area contributed by atoms with Crippen molar-refractivity contribution in [2.24, 2.45) is 17.4 Å². The minimum Gasteiger partial charge on any atom is -0.480 e. The fourth-order valence-electron chi connectivity index (χ4n) is 2.28. The lowest BCUT2D eigenvalue weighted by Gasteiger charge is -2.23. The van der Waals surface area contributed by atoms with Crippen LogP contribution in [0, 0.1) is 5.92 Å². The monoisotopic (exact) mass is 403 g/mol. The van der Waals surface area contributed by atoms with E-state index >= 15 is 0 Å². The van der Waals surface area contributed by atoms with Crippen LogP contribution < -0.4 is 27.4 Å². The predicted octanol–water partition coefficient (Wildman–Crippen LogP) is -2.35. The summed E-state index contributed by atoms with van der Waals surface area (Å²) in [6.07, 6.45) is 1.84. The van der Waals surface area contributed by atoms with Crippen LogP contribution in [0.4, 0.5) is 0 Å². The summed E-state index contributed by atoms with van der Waals surface area (Å²) in [6, 6.07) is -4.32. The minimum atomic E-state index is -1.36. The molecule has 0 aliphatic rings. The second-order valence-electron chi connectivity index (χ2n) is 6.93. The zero-order valence-corrected chi connectivity index (χ0v) is 16.6. The number of aliphatic hydroxyl groups excluding tert-OH is 1. The van der Waals surface area contributed by atoms with Gasteiger partial charge in [-0.05, 0) is 32.2 Å². The van der Waals surface area contributed by atoms with Crippen LogP contribution >= 0.6 is 0 Å². The van der Waals surface area contributed by atoms with Crippen LogP contribution in [0.2, 0.25) is 0 Å². The summed E-state index contributed by atoms with van der Waals surface area (Å²) < 4.78 is 0. The number of hydrogen-bond acceptors (Lipinski definition) is 7. The van der Waals surface area contributed by atoms with E-state index in [0.717, 1.165) is 6.42 Å². The molecule has 4 atom stereocenters. The van der Waals surface area contributed by atoms with E-state index in [1.165, 1.54) is 6.92 Å². The second-order valence-corrected chi connectivity index (χ2v) is 6.93. The van der Waals surface area contributed by atoms with Crippen LogP contribution in [-0.4, -0.2) is 71.2 Å². The molecule has 0 aromatic rings. The third-order valence-corrected chi connectivity index (χ3v) is 4.10. The molecular weight excluding hydrogens is 370 g/mol. The first-order chi connectivity index (χ1) is 13.0. The number of hydrogen-bond donors (Lipinski definition) is 7. The quantitative estimate of drug-likeness (QED) is 0.166. The summed E-state index contributed by atoms with van der Waals surface area (Å²) in [6.45, 7) is 4.39. The number of aliphatic carboxylic acids is 1. The van der Waals surface area contributed by atoms with Crippen molar-refractivity contribution in [3.63, 3.8) is 0 Å². The highest BCUT2D eigenvalue weighted by atomic mass is 16.4. The first kappa shape index (κ1) is 25.8. The van der Waals surface area contributed by atoms with E-state index in [2.05, 4.69) is 16.0 Å². The highest BCUT2D eigenvalue weighted by Crippen LogP contribution is 2.03. The van der Waals surface area contributed by atoms with E-state index in [0.29, 0.717) is 19.4 Å². The Morgan fingerprint density at radius 3 is 2.00 bits per heavy atom. The summed E-state index contributed by atoms with van der Waals surface area (Å²) in [5, 5.41) is 25.5. The zero-order chi connectivity index (χ0) is 21.9. The van der Waals surface area contributed by atoms with Crippen LogP contribution in [0.15, 0.2) is 0 Å². The molecule has 4 unspecified atom stereocenters. The molecule has 0 saturated carbocycles. The number of carbonyl (C=O) groups excluding carboxylic acids is 3. The van der Waals surface area contributed by atoms with Crippen LogP contribution in [-0.2, 0) is 19.2 Å². The van der Waals surface area contributed by atoms with Crippen molar-refractivity contribution in [2.75, 3.05) is 13.2 Å². The Balaban J connectivity index is 4.71. The summed E-state index contributed by atoms with van der Waals surface area (Å²) in [5.41, 5.74) is 11.1. The lowest BCUT2D eigenvalue weighted by atomic mass is 10.0. The van der Waals surface area contributed by atoms with Crippen LogP contribution in [0.25, 0.3) is 0 Å². The molecule has 162 valence electrons. The number of nitrogens with two attached hydrogens (primary N) is 2. The Bertz CT molecular complexity index is 542. The first-order valence-electron chi connectivity index (χ1n) is 9.25. The standard InChI is InChI=1S/C17H33N5O6/c1-9(2)13(17(27)28)22-16(26)12(8-23)21-14(24)10(3)20-15(25)11(19)6-4-5-7-18/h9-13,23H,4-8,18-19H2,1-3H3,(H,20,25)(H,21,24)(H,22,26)(H,27,28). The third kappa shape index (κ3) is 9.11. The van der Waals surface area contributed by atoms with Gasteiger partial charge in [-0.2, -0.15) is 0 Å². The number of carbonyl (C=O) groups is 4. The van der Waals surface area contributed by atoms with Crippen LogP contribution in [0.3, 0.4) is 0 Å². The maximum atomic E-state index is 12.2. The van der Waals surface area contributed by atoms with Crippen molar-refractivity contribution >= 4 is 23.7 Å². The van der Waals surface area contributed by atoms with Crippen molar-refractivity contribution in [3.8, 4) is 0 Å². The molecular formula is C17H33N5O6. The Hall–Kier alpha value is -2.24. The number of nitrogens with one attached hydrogen (secondary N) is 3. The van der Waals surface area contributed by atoms with Crippen molar-refractivity contribution in [3.05, 3.63) is 0 Å². The predicted molar refractivity (Wildman–Crippen MR) is 102 cm³/mol. The van der Waals surface area contributed by atoms with Gasteiger partial charge < -0.3 is 37.6 Å². The van der Waals surface area contributed by atoms with Crippen molar-refractivity contribution in [1.29, 1.82) is 0 Å². The molecule has 11 heteroatoms. The molecule has 0 rings (SSSR count). The van der Waals surface area contributed by atoms with Gasteiger partial charge in [-0.25, -0.2) is 4.79 Å². The van der Waals surface area contributed by atoms with Gasteiger partial charge in [-0.1, -0.05) is 20.3 Å². The minimum absolute atomic E-state index is 0.393. The van der Waals surface area contributed by atoms with Gasteiger partial charge in [0.05, 0.1) is 12.6 Å². The maximum Gasteiger partial charge on any atom is 0.326 e. The SMILES string of the molecule is CC(NC(=O)C(N)CCCCN)C(=O)NC(CO)C(=O)NC(C(=O)O)C(C)C. The van der Waals surface area contributed by atoms with Crippen molar-refractivity contribution in [1.82, 2.24) is 16.0 Å². The van der Waals surface area contributed by atoms with Gasteiger partial charge >= 0.3 is 5.97 Å². The van der Waals surface area contributed by atoms with E-state index in [-0.39, 0.29) is 0 Å². The Labute approximate surface area is 164 Å². The second kappa shape index (κ2) is 13.0. The molecule has 9 N–H and O–H groups in total. The number of aliphatic hydroxyl groups is 1. The third-order valence-electron chi connectivity index (χ3n) is 4.10. The molecule has 0 radical (unpaired) electrons. The van der Waals surface area contributed by atoms with Gasteiger partial charge in [-0.3, -0.25) is 14.4 Å². The Kier molecular flexibility index (Phi) is 12.0. The van der Waals surface area contributed by atoms with Crippen LogP contribution in [0.1, 0.15) is 40.0 Å². The van der Waals surface area contributed by atoms with E-state index < -0.39 is 60.4 Å². The fourth-order valence-corrected chi connectivity index (χ4v) is 2.28. The van der Waals surface area contributed by atoms with Crippen molar-refractivity contribution < 1.29 is 29.4 Å². The topological polar surface area (TPSA) is 197 Å². The average Bonchev–Trinajstić information content (AvgIpc) is 2.62. The molecule has 0 spiro atoms. The molecule has 0 aliphatic heterocycles. The molecule has 0 bridgehead atoms. The number of amides is 3. The van der Waals surface area contributed by atoms with E-state index in [1.54, 1.807) is 13.8 Å². The van der Waals surface area contributed by atoms with E-state index in [9.17, 15) is 24.3 Å². The summed E-state index contributed by atoms with van der Waals surface area (Å²) in [5.74, 6) is -3.69. The van der Waals surface area contributed by atoms with Crippen molar-refractivity contribution in [2.45, 2.75) is 64.2 Å². The number of carboxylic acids is 1. The largest absolute Gasteiger partial charge is 0.480 e. The molecule has 0 aliphatic carbocycles. The first-order valence-corrected chi connectivity index (χ1v) is 9.25. The van der Waals surface area contributed by atoms with E-state index in [4.69, 9.17) is 16.6 Å². The molecule has 0 aromatic carbocycles. The molecule has 0 fully saturated rings. The molecule has 0 saturated heterocycles. The lowest BCUT2D eigenvalue weighted by Crippen LogP contribution is -2.58. The molecule has 3 amide bonds. The van der Waals surface area contributed by atoms with Gasteiger partial charge in [0.25, 0.3) is 0 Å². The van der Waals surface area contributed by atoms with Gasteiger partial charge in [0.2, 0.25) is 17.7 Å². The Morgan fingerprint density at radius 2 is 1.54 bits per heavy atom.